The van der Waals surface area contributed by atoms with E-state index in [4.69, 9.17) is 4.98 Å². The first-order valence-corrected chi connectivity index (χ1v) is 16.6. The van der Waals surface area contributed by atoms with E-state index in [-0.39, 0.29) is 0 Å². The average Bonchev–Trinajstić information content (AvgIpc) is 3.78. The molecule has 48 heavy (non-hydrogen) atoms. The summed E-state index contributed by atoms with van der Waals surface area (Å²) >= 11 is 0. The van der Waals surface area contributed by atoms with Crippen molar-refractivity contribution in [1.82, 2.24) is 13.8 Å². The van der Waals surface area contributed by atoms with Crippen LogP contribution in [-0.2, 0) is 0 Å². The number of rotatable bonds is 1. The lowest BCUT2D eigenvalue weighted by Gasteiger charge is -2.12. The molecule has 0 aliphatic rings. The Morgan fingerprint density at radius 3 is 1.56 bits per heavy atom. The van der Waals surface area contributed by atoms with Crippen molar-refractivity contribution in [2.24, 2.45) is 0 Å². The molecule has 3 heteroatoms. The molecule has 0 atom stereocenters. The molecule has 0 aliphatic carbocycles. The fourth-order valence-corrected chi connectivity index (χ4v) is 8.58. The highest BCUT2D eigenvalue weighted by Crippen LogP contribution is 2.43. The maximum absolute atomic E-state index is 5.32. The van der Waals surface area contributed by atoms with Gasteiger partial charge in [-0.15, -0.1) is 0 Å². The molecule has 3 heterocycles. The predicted octanol–water partition coefficient (Wildman–Crippen LogP) is 11.9. The van der Waals surface area contributed by atoms with Crippen LogP contribution in [0.4, 0.5) is 0 Å². The van der Waals surface area contributed by atoms with Crippen LogP contribution >= 0.6 is 0 Å². The molecule has 0 amide bonds. The summed E-state index contributed by atoms with van der Waals surface area (Å²) in [5, 5.41) is 15.2. The molecule has 220 valence electrons. The van der Waals surface area contributed by atoms with Crippen molar-refractivity contribution in [3.05, 3.63) is 152 Å². The molecule has 0 saturated carbocycles. The molecule has 3 aromatic heterocycles. The van der Waals surface area contributed by atoms with Gasteiger partial charge in [-0.3, -0.25) is 8.80 Å². The zero-order chi connectivity index (χ0) is 31.1. The quantitative estimate of drug-likeness (QED) is 0.170. The van der Waals surface area contributed by atoms with E-state index in [0.29, 0.717) is 0 Å². The molecule has 12 aromatic rings. The van der Waals surface area contributed by atoms with Crippen LogP contribution in [0.2, 0.25) is 0 Å². The minimum atomic E-state index is 0.957. The van der Waals surface area contributed by atoms with Crippen LogP contribution in [0.25, 0.3) is 109 Å². The highest BCUT2D eigenvalue weighted by molar-refractivity contribution is 6.26. The summed E-state index contributed by atoms with van der Waals surface area (Å²) in [4.78, 5) is 5.32. The molecule has 0 fully saturated rings. The maximum Gasteiger partial charge on any atom is 0.220 e. The Morgan fingerprint density at radius 2 is 0.875 bits per heavy atom. The molecule has 3 nitrogen and oxygen atoms in total. The van der Waals surface area contributed by atoms with E-state index in [0.717, 1.165) is 16.8 Å². The zero-order valence-electron chi connectivity index (χ0n) is 25.8. The van der Waals surface area contributed by atoms with Gasteiger partial charge < -0.3 is 0 Å². The SMILES string of the molecule is c1ccc2cc3c(cc2c1)nc1n3c2cc(-c3ccc4c5ccccc5c5ccccc5c4c3)cc3c4cc5ccccc5cc4n1c32. The lowest BCUT2D eigenvalue weighted by atomic mass is 9.92. The highest BCUT2D eigenvalue weighted by Gasteiger charge is 2.23. The Kier molecular flexibility index (Phi) is 4.47. The summed E-state index contributed by atoms with van der Waals surface area (Å²) in [7, 11) is 0. The van der Waals surface area contributed by atoms with E-state index in [9.17, 15) is 0 Å². The van der Waals surface area contributed by atoms with Crippen LogP contribution in [0.1, 0.15) is 0 Å². The second-order valence-electron chi connectivity index (χ2n) is 13.2. The van der Waals surface area contributed by atoms with Gasteiger partial charge in [0.05, 0.1) is 27.6 Å². The minimum Gasteiger partial charge on any atom is -0.277 e. The standard InChI is InChI=1S/C45H25N3/c1-3-11-28-23-41-38(20-26(28)9-1)39-21-31(30-17-18-36-34-15-6-5-13-32(34)33-14-7-8-16-35(33)37(36)19-30)25-43-44(39)48(41)45-46-40-22-27-10-2-4-12-29(27)24-42(40)47(43)45/h1-25H. The third kappa shape index (κ3) is 3.06. The number of nitrogens with zero attached hydrogens (tertiary/aromatic N) is 3. The summed E-state index contributed by atoms with van der Waals surface area (Å²) in [6.07, 6.45) is 0. The smallest absolute Gasteiger partial charge is 0.220 e. The maximum atomic E-state index is 5.32. The lowest BCUT2D eigenvalue weighted by Crippen LogP contribution is -1.87. The van der Waals surface area contributed by atoms with Crippen LogP contribution in [0.15, 0.2) is 152 Å². The first kappa shape index (κ1) is 24.7. The van der Waals surface area contributed by atoms with Gasteiger partial charge in [0.25, 0.3) is 0 Å². The largest absolute Gasteiger partial charge is 0.277 e. The fraction of sp³-hybridized carbons (Fsp3) is 0. The van der Waals surface area contributed by atoms with Gasteiger partial charge in [-0.25, -0.2) is 4.98 Å². The monoisotopic (exact) mass is 607 g/mol. The van der Waals surface area contributed by atoms with Crippen LogP contribution in [0.5, 0.6) is 0 Å². The van der Waals surface area contributed by atoms with E-state index in [1.54, 1.807) is 0 Å². The van der Waals surface area contributed by atoms with Crippen molar-refractivity contribution in [1.29, 1.82) is 0 Å². The number of hydrogen-bond donors (Lipinski definition) is 0. The Hall–Kier alpha value is -6.45. The topological polar surface area (TPSA) is 21.7 Å². The average molecular weight is 608 g/mol. The van der Waals surface area contributed by atoms with Crippen molar-refractivity contribution >= 4 is 98.0 Å². The molecule has 0 N–H and O–H groups in total. The van der Waals surface area contributed by atoms with E-state index >= 15 is 0 Å². The van der Waals surface area contributed by atoms with Gasteiger partial charge in [-0.1, -0.05) is 109 Å². The normalized spacial score (nSPS) is 12.6. The second-order valence-corrected chi connectivity index (χ2v) is 13.2. The third-order valence-electron chi connectivity index (χ3n) is 10.7. The van der Waals surface area contributed by atoms with E-state index in [1.165, 1.54) is 92.3 Å². The van der Waals surface area contributed by atoms with Gasteiger partial charge in [-0.2, -0.15) is 0 Å². The highest BCUT2D eigenvalue weighted by atomic mass is 15.2. The van der Waals surface area contributed by atoms with E-state index in [2.05, 4.69) is 160 Å². The van der Waals surface area contributed by atoms with Gasteiger partial charge in [-0.05, 0) is 107 Å². The van der Waals surface area contributed by atoms with Crippen molar-refractivity contribution in [2.45, 2.75) is 0 Å². The van der Waals surface area contributed by atoms with Crippen LogP contribution in [0, 0.1) is 0 Å². The lowest BCUT2D eigenvalue weighted by molar-refractivity contribution is 1.22. The van der Waals surface area contributed by atoms with Gasteiger partial charge in [0.1, 0.15) is 0 Å². The minimum absolute atomic E-state index is 0.957. The molecular formula is C45H25N3. The molecule has 0 radical (unpaired) electrons. The van der Waals surface area contributed by atoms with Crippen LogP contribution < -0.4 is 0 Å². The summed E-state index contributed by atoms with van der Waals surface area (Å²) < 4.78 is 4.77. The van der Waals surface area contributed by atoms with Crippen molar-refractivity contribution in [3.63, 3.8) is 0 Å². The van der Waals surface area contributed by atoms with Gasteiger partial charge >= 0.3 is 0 Å². The van der Waals surface area contributed by atoms with Crippen molar-refractivity contribution in [3.8, 4) is 11.1 Å². The van der Waals surface area contributed by atoms with Gasteiger partial charge in [0.2, 0.25) is 5.78 Å². The Bertz CT molecular complexity index is 3310. The van der Waals surface area contributed by atoms with Crippen LogP contribution in [0.3, 0.4) is 0 Å². The van der Waals surface area contributed by atoms with Crippen molar-refractivity contribution < 1.29 is 0 Å². The fourth-order valence-electron chi connectivity index (χ4n) is 8.58. The molecule has 0 unspecified atom stereocenters. The first-order chi connectivity index (χ1) is 23.8. The number of aromatic nitrogens is 3. The van der Waals surface area contributed by atoms with Gasteiger partial charge in [0.15, 0.2) is 0 Å². The summed E-state index contributed by atoms with van der Waals surface area (Å²) in [6.45, 7) is 0. The molecule has 12 rings (SSSR count). The molecular weight excluding hydrogens is 583 g/mol. The van der Waals surface area contributed by atoms with Gasteiger partial charge in [0, 0.05) is 10.8 Å². The predicted molar refractivity (Wildman–Crippen MR) is 203 cm³/mol. The number of benzene rings is 9. The zero-order valence-corrected chi connectivity index (χ0v) is 25.8. The molecule has 0 saturated heterocycles. The number of imidazole rings is 2. The van der Waals surface area contributed by atoms with Crippen molar-refractivity contribution in [2.75, 3.05) is 0 Å². The van der Waals surface area contributed by atoms with Crippen LogP contribution in [-0.4, -0.2) is 13.8 Å². The number of fused-ring (bicyclic) bond motifs is 16. The number of hydrogen-bond acceptors (Lipinski definition) is 1. The summed E-state index contributed by atoms with van der Waals surface area (Å²) in [5.74, 6) is 0.957. The molecule has 0 aliphatic heterocycles. The van der Waals surface area contributed by atoms with E-state index < -0.39 is 0 Å². The summed E-state index contributed by atoms with van der Waals surface area (Å²) in [5.41, 5.74) is 8.16. The Morgan fingerprint density at radius 1 is 0.333 bits per heavy atom. The Balaban J connectivity index is 1.25. The first-order valence-electron chi connectivity index (χ1n) is 16.6. The molecule has 9 aromatic carbocycles. The molecule has 0 bridgehead atoms. The summed E-state index contributed by atoms with van der Waals surface area (Å²) in [6, 6.07) is 55.9. The third-order valence-corrected chi connectivity index (χ3v) is 10.7. The second kappa shape index (κ2) is 8.67. The Labute approximate surface area is 273 Å². The molecule has 0 spiro atoms. The van der Waals surface area contributed by atoms with E-state index in [1.807, 2.05) is 0 Å².